The molecule has 1 aliphatic heterocycles. The highest BCUT2D eigenvalue weighted by Crippen LogP contribution is 2.08. The third-order valence-corrected chi connectivity index (χ3v) is 2.67. The molecule has 1 heterocycles. The van der Waals surface area contributed by atoms with Gasteiger partial charge in [-0.15, -0.1) is 0 Å². The molecule has 0 bridgehead atoms. The topological polar surface area (TPSA) is 29.5 Å². The molecular weight excluding hydrogens is 210 g/mol. The molecule has 1 fully saturated rings. The van der Waals surface area contributed by atoms with E-state index < -0.39 is 0 Å². The van der Waals surface area contributed by atoms with Crippen molar-refractivity contribution in [2.75, 3.05) is 32.1 Å². The van der Waals surface area contributed by atoms with Gasteiger partial charge in [0.15, 0.2) is 0 Å². The molecule has 0 aliphatic carbocycles. The minimum absolute atomic E-state index is 0.0773. The van der Waals surface area contributed by atoms with Crippen LogP contribution in [0.15, 0.2) is 0 Å². The summed E-state index contributed by atoms with van der Waals surface area (Å²) in [5.74, 6) is 0.514. The van der Waals surface area contributed by atoms with Crippen LogP contribution in [0.3, 0.4) is 0 Å². The molecule has 1 aliphatic rings. The number of amides is 1. The maximum atomic E-state index is 11.1. The maximum Gasteiger partial charge on any atom is 0.248 e. The van der Waals surface area contributed by atoms with Crippen LogP contribution in [0.5, 0.6) is 0 Å². The predicted octanol–water partition coefficient (Wildman–Crippen LogP) is 0.486. The van der Waals surface area contributed by atoms with E-state index in [1.54, 1.807) is 4.90 Å². The third-order valence-electron chi connectivity index (χ3n) is 1.76. The summed E-state index contributed by atoms with van der Waals surface area (Å²) in [6.07, 6.45) is 0. The van der Waals surface area contributed by atoms with E-state index in [9.17, 15) is 4.79 Å². The van der Waals surface area contributed by atoms with Gasteiger partial charge in [-0.2, -0.15) is 0 Å². The van der Waals surface area contributed by atoms with E-state index in [0.29, 0.717) is 12.5 Å². The molecule has 64 valence electrons. The first kappa shape index (κ1) is 9.00. The van der Waals surface area contributed by atoms with Crippen LogP contribution in [0.4, 0.5) is 0 Å². The molecular formula is C7H12BrNO2. The van der Waals surface area contributed by atoms with Crippen molar-refractivity contribution in [1.29, 1.82) is 0 Å². The van der Waals surface area contributed by atoms with Crippen molar-refractivity contribution in [3.05, 3.63) is 0 Å². The Bertz CT molecular complexity index is 151. The van der Waals surface area contributed by atoms with Crippen LogP contribution in [0.2, 0.25) is 0 Å². The van der Waals surface area contributed by atoms with Gasteiger partial charge >= 0.3 is 0 Å². The van der Waals surface area contributed by atoms with Crippen molar-refractivity contribution in [3.8, 4) is 0 Å². The summed E-state index contributed by atoms with van der Waals surface area (Å²) in [6.45, 7) is 1.71. The molecule has 11 heavy (non-hydrogen) atoms. The van der Waals surface area contributed by atoms with Gasteiger partial charge < -0.3 is 9.64 Å². The second-order valence-electron chi connectivity index (χ2n) is 2.81. The lowest BCUT2D eigenvalue weighted by molar-refractivity contribution is -0.132. The van der Waals surface area contributed by atoms with Crippen LogP contribution in [-0.2, 0) is 9.53 Å². The Kier molecular flexibility index (Phi) is 3.33. The first-order valence-corrected chi connectivity index (χ1v) is 4.74. The zero-order valence-electron chi connectivity index (χ0n) is 6.55. The molecule has 0 saturated carbocycles. The average Bonchev–Trinajstić information content (AvgIpc) is 2.15. The Morgan fingerprint density at radius 3 is 3.18 bits per heavy atom. The quantitative estimate of drug-likeness (QED) is 0.604. The van der Waals surface area contributed by atoms with E-state index >= 15 is 0 Å². The number of alkyl halides is 1. The van der Waals surface area contributed by atoms with E-state index in [2.05, 4.69) is 15.9 Å². The highest BCUT2D eigenvalue weighted by Gasteiger charge is 2.19. The molecule has 0 radical (unpaired) electrons. The Hall–Kier alpha value is -0.0900. The molecule has 1 amide bonds. The Balaban J connectivity index is 2.48. The molecule has 3 nitrogen and oxygen atoms in total. The second kappa shape index (κ2) is 4.07. The predicted molar refractivity (Wildman–Crippen MR) is 45.7 cm³/mol. The summed E-state index contributed by atoms with van der Waals surface area (Å²) in [4.78, 5) is 12.8. The van der Waals surface area contributed by atoms with Crippen LogP contribution >= 0.6 is 15.9 Å². The van der Waals surface area contributed by atoms with E-state index in [4.69, 9.17) is 4.74 Å². The SMILES string of the molecule is CN1CC(CBr)COCC1=O. The molecule has 0 aromatic heterocycles. The first-order chi connectivity index (χ1) is 5.24. The van der Waals surface area contributed by atoms with Crippen molar-refractivity contribution < 1.29 is 9.53 Å². The first-order valence-electron chi connectivity index (χ1n) is 3.61. The molecule has 0 aromatic carbocycles. The lowest BCUT2D eigenvalue weighted by Crippen LogP contribution is -2.31. The average molecular weight is 222 g/mol. The fourth-order valence-corrected chi connectivity index (χ4v) is 1.45. The molecule has 0 spiro atoms. The summed E-state index contributed by atoms with van der Waals surface area (Å²) in [5.41, 5.74) is 0. The Morgan fingerprint density at radius 1 is 1.82 bits per heavy atom. The summed E-state index contributed by atoms with van der Waals surface area (Å²) >= 11 is 3.38. The van der Waals surface area contributed by atoms with Gasteiger partial charge in [0.2, 0.25) is 5.91 Å². The van der Waals surface area contributed by atoms with E-state index in [1.165, 1.54) is 0 Å². The molecule has 1 unspecified atom stereocenters. The zero-order chi connectivity index (χ0) is 8.27. The number of carbonyl (C=O) groups excluding carboxylic acids is 1. The monoisotopic (exact) mass is 221 g/mol. The van der Waals surface area contributed by atoms with Crippen molar-refractivity contribution in [2.24, 2.45) is 5.92 Å². The fourth-order valence-electron chi connectivity index (χ4n) is 1.06. The van der Waals surface area contributed by atoms with Crippen LogP contribution in [0, 0.1) is 5.92 Å². The second-order valence-corrected chi connectivity index (χ2v) is 3.46. The number of hydrogen-bond donors (Lipinski definition) is 0. The molecule has 4 heteroatoms. The molecule has 1 atom stereocenters. The Morgan fingerprint density at radius 2 is 2.55 bits per heavy atom. The number of carbonyl (C=O) groups is 1. The third kappa shape index (κ3) is 2.45. The van der Waals surface area contributed by atoms with Crippen LogP contribution < -0.4 is 0 Å². The van der Waals surface area contributed by atoms with Gasteiger partial charge in [-0.3, -0.25) is 4.79 Å². The maximum absolute atomic E-state index is 11.1. The van der Waals surface area contributed by atoms with Crippen LogP contribution in [-0.4, -0.2) is 42.9 Å². The number of hydrogen-bond acceptors (Lipinski definition) is 2. The van der Waals surface area contributed by atoms with E-state index in [-0.39, 0.29) is 12.5 Å². The van der Waals surface area contributed by atoms with Gasteiger partial charge in [0.25, 0.3) is 0 Å². The van der Waals surface area contributed by atoms with Crippen molar-refractivity contribution >= 4 is 21.8 Å². The number of nitrogens with zero attached hydrogens (tertiary/aromatic N) is 1. The number of ether oxygens (including phenoxy) is 1. The molecule has 0 N–H and O–H groups in total. The van der Waals surface area contributed by atoms with Crippen molar-refractivity contribution in [2.45, 2.75) is 0 Å². The van der Waals surface area contributed by atoms with Gasteiger partial charge in [-0.25, -0.2) is 0 Å². The van der Waals surface area contributed by atoms with Crippen LogP contribution in [0.1, 0.15) is 0 Å². The molecule has 1 rings (SSSR count). The summed E-state index contributed by atoms with van der Waals surface area (Å²) in [7, 11) is 1.81. The van der Waals surface area contributed by atoms with Crippen molar-refractivity contribution in [1.82, 2.24) is 4.90 Å². The van der Waals surface area contributed by atoms with Gasteiger partial charge in [0.1, 0.15) is 6.61 Å². The van der Waals surface area contributed by atoms with Crippen LogP contribution in [0.25, 0.3) is 0 Å². The normalized spacial score (nSPS) is 26.9. The largest absolute Gasteiger partial charge is 0.371 e. The lowest BCUT2D eigenvalue weighted by atomic mass is 10.2. The summed E-state index contributed by atoms with van der Waals surface area (Å²) < 4.78 is 5.16. The summed E-state index contributed by atoms with van der Waals surface area (Å²) in [5, 5.41) is 0.893. The van der Waals surface area contributed by atoms with E-state index in [0.717, 1.165) is 11.9 Å². The highest BCUT2D eigenvalue weighted by atomic mass is 79.9. The standard InChI is InChI=1S/C7H12BrNO2/c1-9-3-6(2-8)4-11-5-7(9)10/h6H,2-5H2,1H3. The minimum Gasteiger partial charge on any atom is -0.371 e. The summed E-state index contributed by atoms with van der Waals surface area (Å²) in [6, 6.07) is 0. The molecule has 0 aromatic rings. The number of halogens is 1. The van der Waals surface area contributed by atoms with Gasteiger partial charge in [-0.1, -0.05) is 15.9 Å². The highest BCUT2D eigenvalue weighted by molar-refractivity contribution is 9.09. The van der Waals surface area contributed by atoms with Crippen molar-refractivity contribution in [3.63, 3.8) is 0 Å². The number of likely N-dealkylation sites (N-methyl/N-ethyl adjacent to an activating group) is 1. The Labute approximate surface area is 74.8 Å². The smallest absolute Gasteiger partial charge is 0.248 e. The van der Waals surface area contributed by atoms with E-state index in [1.807, 2.05) is 7.05 Å². The minimum atomic E-state index is 0.0773. The number of rotatable bonds is 1. The lowest BCUT2D eigenvalue weighted by Gasteiger charge is -2.16. The van der Waals surface area contributed by atoms with Gasteiger partial charge in [0.05, 0.1) is 6.61 Å². The molecule has 1 saturated heterocycles. The van der Waals surface area contributed by atoms with Gasteiger partial charge in [-0.05, 0) is 0 Å². The fraction of sp³-hybridized carbons (Fsp3) is 0.857. The van der Waals surface area contributed by atoms with Gasteiger partial charge in [0, 0.05) is 24.8 Å². The zero-order valence-corrected chi connectivity index (χ0v) is 8.13.